The molecule has 0 aliphatic carbocycles. The van der Waals surface area contributed by atoms with Crippen molar-refractivity contribution in [3.05, 3.63) is 42.0 Å². The van der Waals surface area contributed by atoms with Gasteiger partial charge < -0.3 is 5.11 Å². The highest BCUT2D eigenvalue weighted by Gasteiger charge is 2.03. The number of nitrogens with zero attached hydrogens (tertiary/aromatic N) is 2. The van der Waals surface area contributed by atoms with Crippen LogP contribution in [0.3, 0.4) is 0 Å². The Hall–Kier alpha value is -1.77. The van der Waals surface area contributed by atoms with Gasteiger partial charge in [-0.2, -0.15) is 5.10 Å². The van der Waals surface area contributed by atoms with Crippen molar-refractivity contribution in [2.75, 3.05) is 0 Å². The molecule has 2 aromatic rings. The van der Waals surface area contributed by atoms with Crippen molar-refractivity contribution in [2.24, 2.45) is 0 Å². The lowest BCUT2D eigenvalue weighted by Crippen LogP contribution is -1.94. The van der Waals surface area contributed by atoms with E-state index in [2.05, 4.69) is 10.2 Å². The Labute approximate surface area is 84.8 Å². The molecule has 0 aliphatic heterocycles. The lowest BCUT2D eigenvalue weighted by atomic mass is 10.3. The standard InChI is InChI=1S/C10H10N2O/c1-8-7-10(13)12(11-8)9-5-3-2-4-6-9/h2-7,13H,1H3/i2D,3D,4D,5D,6D/hD. The zero-order chi connectivity index (χ0) is 14.3. The molecule has 1 aromatic carbocycles. The van der Waals surface area contributed by atoms with Gasteiger partial charge in [0.2, 0.25) is 5.88 Å². The quantitative estimate of drug-likeness (QED) is 0.766. The largest absolute Gasteiger partial charge is 0.493 e. The summed E-state index contributed by atoms with van der Waals surface area (Å²) in [5.41, 5.74) is 0.371. The van der Waals surface area contributed by atoms with E-state index in [0.29, 0.717) is 5.69 Å². The van der Waals surface area contributed by atoms with Crippen LogP contribution in [0.5, 0.6) is 5.88 Å². The number of aromatic hydroxyl groups is 1. The molecular weight excluding hydrogens is 164 g/mol. The van der Waals surface area contributed by atoms with Crippen LogP contribution < -0.4 is 0 Å². The molecule has 1 aromatic heterocycles. The molecule has 0 radical (unpaired) electrons. The van der Waals surface area contributed by atoms with Gasteiger partial charge in [-0.15, -0.1) is 0 Å². The highest BCUT2D eigenvalue weighted by Crippen LogP contribution is 2.16. The molecule has 0 aliphatic rings. The third-order valence-electron chi connectivity index (χ3n) is 1.50. The van der Waals surface area contributed by atoms with E-state index in [4.69, 9.17) is 8.28 Å². The number of aryl methyl sites for hydroxylation is 1. The average Bonchev–Trinajstić information content (AvgIpc) is 2.75. The van der Waals surface area contributed by atoms with Gasteiger partial charge in [0.15, 0.2) is 0 Å². The normalized spacial score (nSPS) is 16.4. The molecule has 1 heterocycles. The summed E-state index contributed by atoms with van der Waals surface area (Å²) in [6.07, 6.45) is 0. The van der Waals surface area contributed by atoms with Crippen LogP contribution in [-0.4, -0.2) is 16.3 Å². The third-order valence-corrected chi connectivity index (χ3v) is 1.50. The monoisotopic (exact) mass is 180 g/mol. The molecule has 0 fully saturated rings. The SMILES string of the molecule is [2H]Oc1cc(C)nn1-c1c([2H])c([2H])c([2H])c([2H])c1[2H]. The molecular formula is C10H10N2O. The molecule has 2 rings (SSSR count). The fourth-order valence-corrected chi connectivity index (χ4v) is 0.985. The second kappa shape index (κ2) is 2.94. The van der Waals surface area contributed by atoms with Crippen LogP contribution in [-0.2, 0) is 0 Å². The second-order valence-corrected chi connectivity index (χ2v) is 2.51. The van der Waals surface area contributed by atoms with Gasteiger partial charge in [-0.05, 0) is 19.0 Å². The second-order valence-electron chi connectivity index (χ2n) is 2.51. The predicted octanol–water partition coefficient (Wildman–Crippen LogP) is 1.89. The number of hydrogen-bond donors (Lipinski definition) is 1. The smallest absolute Gasteiger partial charge is 0.295 e. The Kier molecular flexibility index (Phi) is 0.799. The summed E-state index contributed by atoms with van der Waals surface area (Å²) in [6.45, 7) is 1.65. The molecule has 1 N–H and O–H groups in total. The highest BCUT2D eigenvalue weighted by atomic mass is 16.3. The molecule has 13 heavy (non-hydrogen) atoms. The molecule has 0 saturated carbocycles. The molecule has 0 saturated heterocycles. The Morgan fingerprint density at radius 1 is 1.46 bits per heavy atom. The third kappa shape index (κ3) is 1.40. The summed E-state index contributed by atoms with van der Waals surface area (Å²) >= 11 is 0. The van der Waals surface area contributed by atoms with E-state index in [1.54, 1.807) is 6.92 Å². The van der Waals surface area contributed by atoms with E-state index in [0.717, 1.165) is 4.68 Å². The molecule has 0 spiro atoms. The van der Waals surface area contributed by atoms with E-state index in [1.165, 1.54) is 6.07 Å². The summed E-state index contributed by atoms with van der Waals surface area (Å²) in [4.78, 5) is 0. The summed E-state index contributed by atoms with van der Waals surface area (Å²) in [6, 6.07) is -0.746. The number of rotatable bonds is 2. The number of aromatic nitrogens is 2. The zero-order valence-corrected chi connectivity index (χ0v) is 6.88. The molecule has 0 unspecified atom stereocenters. The van der Waals surface area contributed by atoms with Crippen molar-refractivity contribution in [2.45, 2.75) is 6.92 Å². The minimum atomic E-state index is -0.476. The molecule has 0 atom stereocenters. The van der Waals surface area contributed by atoms with E-state index in [-0.39, 0.29) is 11.6 Å². The first-order chi connectivity index (χ1) is 8.88. The molecule has 0 bridgehead atoms. The van der Waals surface area contributed by atoms with E-state index in [9.17, 15) is 0 Å². The molecule has 3 nitrogen and oxygen atoms in total. The van der Waals surface area contributed by atoms with Crippen LogP contribution in [0.4, 0.5) is 0 Å². The number of para-hydroxylation sites is 1. The van der Waals surface area contributed by atoms with Crippen molar-refractivity contribution in [1.82, 2.24) is 9.78 Å². The first-order valence-corrected chi connectivity index (χ1v) is 3.65. The Balaban J connectivity index is 2.82. The first kappa shape index (κ1) is 3.54. The highest BCUT2D eigenvalue weighted by molar-refractivity contribution is 5.34. The Bertz CT molecular complexity index is 625. The lowest BCUT2D eigenvalue weighted by Gasteiger charge is -2.00. The van der Waals surface area contributed by atoms with Crippen LogP contribution in [0.1, 0.15) is 12.5 Å². The lowest BCUT2D eigenvalue weighted by molar-refractivity contribution is 0.433. The van der Waals surface area contributed by atoms with Gasteiger partial charge in [-0.1, -0.05) is 18.1 Å². The molecule has 66 valence electrons. The number of hydrogen-bond acceptors (Lipinski definition) is 2. The minimum absolute atomic E-state index is 0.0176. The fraction of sp³-hybridized carbons (Fsp3) is 0.100. The van der Waals surface area contributed by atoms with Gasteiger partial charge in [0.05, 0.1) is 18.2 Å². The van der Waals surface area contributed by atoms with Gasteiger partial charge in [0.25, 0.3) is 1.43 Å². The van der Waals surface area contributed by atoms with Crippen LogP contribution >= 0.6 is 0 Å². The van der Waals surface area contributed by atoms with E-state index < -0.39 is 30.2 Å². The van der Waals surface area contributed by atoms with E-state index in [1.807, 2.05) is 0 Å². The summed E-state index contributed by atoms with van der Waals surface area (Å²) in [5, 5.41) is 8.34. The Morgan fingerprint density at radius 3 is 2.92 bits per heavy atom. The van der Waals surface area contributed by atoms with Gasteiger partial charge in [-0.25, -0.2) is 4.68 Å². The maximum absolute atomic E-state index is 7.80. The van der Waals surface area contributed by atoms with Gasteiger partial charge in [-0.3, -0.25) is 0 Å². The van der Waals surface area contributed by atoms with Crippen molar-refractivity contribution in [3.8, 4) is 11.6 Å². The molecule has 0 amide bonds. The zero-order valence-electron chi connectivity index (χ0n) is 12.9. The van der Waals surface area contributed by atoms with Crippen molar-refractivity contribution < 1.29 is 12.0 Å². The van der Waals surface area contributed by atoms with Gasteiger partial charge in [0, 0.05) is 6.07 Å². The Morgan fingerprint density at radius 2 is 2.23 bits per heavy atom. The van der Waals surface area contributed by atoms with Gasteiger partial charge in [0.1, 0.15) is 0 Å². The number of benzene rings is 1. The summed E-state index contributed by atoms with van der Waals surface area (Å²) < 4.78 is 46.2. The first-order valence-electron chi connectivity index (χ1n) is 6.56. The summed E-state index contributed by atoms with van der Waals surface area (Å²) in [5.74, 6) is -0.0176. The van der Waals surface area contributed by atoms with E-state index >= 15 is 0 Å². The van der Waals surface area contributed by atoms with Crippen molar-refractivity contribution in [3.63, 3.8) is 0 Å². The predicted molar refractivity (Wildman–Crippen MR) is 50.0 cm³/mol. The maximum atomic E-state index is 7.80. The summed E-state index contributed by atoms with van der Waals surface area (Å²) in [7, 11) is 0. The van der Waals surface area contributed by atoms with Crippen LogP contribution in [0.25, 0.3) is 5.69 Å². The minimum Gasteiger partial charge on any atom is -0.493 e. The maximum Gasteiger partial charge on any atom is 0.295 e. The average molecular weight is 180 g/mol. The van der Waals surface area contributed by atoms with Crippen LogP contribution in [0.15, 0.2) is 36.3 Å². The van der Waals surface area contributed by atoms with Crippen molar-refractivity contribution >= 4 is 0 Å². The molecule has 3 heteroatoms. The fourth-order valence-electron chi connectivity index (χ4n) is 0.985. The van der Waals surface area contributed by atoms with Crippen LogP contribution in [0, 0.1) is 6.92 Å². The topological polar surface area (TPSA) is 38.1 Å². The van der Waals surface area contributed by atoms with Crippen LogP contribution in [0.2, 0.25) is 0 Å². The van der Waals surface area contributed by atoms with Gasteiger partial charge >= 0.3 is 0 Å². The van der Waals surface area contributed by atoms with Crippen molar-refractivity contribution in [1.29, 1.82) is 1.43 Å².